The molecule has 2 aliphatic rings. The van der Waals surface area contributed by atoms with Crippen molar-refractivity contribution in [1.29, 1.82) is 0 Å². The van der Waals surface area contributed by atoms with Crippen LogP contribution in [0.15, 0.2) is 0 Å². The highest BCUT2D eigenvalue weighted by Crippen LogP contribution is 2.26. The van der Waals surface area contributed by atoms with Gasteiger partial charge in [-0.3, -0.25) is 0 Å². The fraction of sp³-hybridized carbons (Fsp3) is 1.00. The van der Waals surface area contributed by atoms with E-state index in [1.165, 1.54) is 38.5 Å². The van der Waals surface area contributed by atoms with Crippen molar-refractivity contribution in [3.8, 4) is 0 Å². The average Bonchev–Trinajstić information content (AvgIpc) is 2.66. The van der Waals surface area contributed by atoms with Crippen LogP contribution in [0, 0.1) is 11.8 Å². The molecule has 0 spiro atoms. The molecule has 3 atom stereocenters. The van der Waals surface area contributed by atoms with Gasteiger partial charge < -0.3 is 10.1 Å². The van der Waals surface area contributed by atoms with Crippen molar-refractivity contribution in [2.45, 2.75) is 64.5 Å². The monoisotopic (exact) mass is 225 g/mol. The summed E-state index contributed by atoms with van der Waals surface area (Å²) in [5.41, 5.74) is 0. The minimum atomic E-state index is 0.689. The van der Waals surface area contributed by atoms with E-state index in [0.29, 0.717) is 6.04 Å². The Labute approximate surface area is 100 Å². The zero-order valence-electron chi connectivity index (χ0n) is 10.9. The molecule has 1 heterocycles. The number of ether oxygens (including phenoxy) is 1. The van der Waals surface area contributed by atoms with Gasteiger partial charge in [0.15, 0.2) is 0 Å². The van der Waals surface area contributed by atoms with E-state index in [4.69, 9.17) is 4.74 Å². The first-order valence-electron chi connectivity index (χ1n) is 7.09. The van der Waals surface area contributed by atoms with Crippen LogP contribution in [-0.2, 0) is 4.74 Å². The molecule has 2 fully saturated rings. The van der Waals surface area contributed by atoms with Crippen molar-refractivity contribution in [2.24, 2.45) is 11.8 Å². The molecule has 1 aliphatic heterocycles. The maximum atomic E-state index is 5.41. The molecule has 0 bridgehead atoms. The summed E-state index contributed by atoms with van der Waals surface area (Å²) in [6.07, 6.45) is 8.11. The summed E-state index contributed by atoms with van der Waals surface area (Å²) in [5, 5.41) is 3.84. The van der Waals surface area contributed by atoms with Crippen LogP contribution in [-0.4, -0.2) is 25.3 Å². The van der Waals surface area contributed by atoms with E-state index < -0.39 is 0 Å². The lowest BCUT2D eigenvalue weighted by Crippen LogP contribution is -2.39. The smallest absolute Gasteiger partial charge is 0.0468 e. The minimum Gasteiger partial charge on any atom is -0.381 e. The quantitative estimate of drug-likeness (QED) is 0.794. The summed E-state index contributed by atoms with van der Waals surface area (Å²) in [6.45, 7) is 6.72. The van der Waals surface area contributed by atoms with E-state index in [1.54, 1.807) is 0 Å². The fourth-order valence-corrected chi connectivity index (χ4v) is 3.31. The first-order chi connectivity index (χ1) is 7.75. The Balaban J connectivity index is 1.68. The predicted octanol–water partition coefficient (Wildman–Crippen LogP) is 2.97. The van der Waals surface area contributed by atoms with E-state index >= 15 is 0 Å². The number of hydrogen-bond donors (Lipinski definition) is 1. The highest BCUT2D eigenvalue weighted by molar-refractivity contribution is 4.83. The van der Waals surface area contributed by atoms with Gasteiger partial charge in [0, 0.05) is 25.3 Å². The van der Waals surface area contributed by atoms with Gasteiger partial charge in [-0.1, -0.05) is 13.3 Å². The molecule has 0 aromatic heterocycles. The molecule has 1 N–H and O–H groups in total. The van der Waals surface area contributed by atoms with Gasteiger partial charge in [-0.2, -0.15) is 0 Å². The van der Waals surface area contributed by atoms with Crippen LogP contribution >= 0.6 is 0 Å². The number of rotatable bonds is 4. The number of hydrogen-bond acceptors (Lipinski definition) is 2. The van der Waals surface area contributed by atoms with Crippen molar-refractivity contribution in [2.75, 3.05) is 13.2 Å². The van der Waals surface area contributed by atoms with E-state index in [9.17, 15) is 0 Å². The van der Waals surface area contributed by atoms with Crippen LogP contribution in [0.2, 0.25) is 0 Å². The lowest BCUT2D eigenvalue weighted by Gasteiger charge is -2.28. The van der Waals surface area contributed by atoms with Gasteiger partial charge in [-0.25, -0.2) is 0 Å². The van der Waals surface area contributed by atoms with Gasteiger partial charge >= 0.3 is 0 Å². The number of nitrogens with one attached hydrogen (secondary N) is 1. The zero-order valence-corrected chi connectivity index (χ0v) is 10.9. The largest absolute Gasteiger partial charge is 0.381 e. The summed E-state index contributed by atoms with van der Waals surface area (Å²) in [5.74, 6) is 1.78. The topological polar surface area (TPSA) is 21.3 Å². The van der Waals surface area contributed by atoms with Gasteiger partial charge in [-0.15, -0.1) is 0 Å². The van der Waals surface area contributed by atoms with E-state index in [2.05, 4.69) is 19.2 Å². The summed E-state index contributed by atoms with van der Waals surface area (Å²) >= 11 is 0. The van der Waals surface area contributed by atoms with Gasteiger partial charge in [0.25, 0.3) is 0 Å². The Hall–Kier alpha value is -0.0800. The van der Waals surface area contributed by atoms with Crippen LogP contribution in [0.5, 0.6) is 0 Å². The Morgan fingerprint density at radius 1 is 1.19 bits per heavy atom. The molecule has 0 aromatic rings. The molecular weight excluding hydrogens is 198 g/mol. The van der Waals surface area contributed by atoms with Crippen LogP contribution < -0.4 is 5.32 Å². The Morgan fingerprint density at radius 3 is 2.56 bits per heavy atom. The van der Waals surface area contributed by atoms with Crippen LogP contribution in [0.4, 0.5) is 0 Å². The van der Waals surface area contributed by atoms with E-state index in [-0.39, 0.29) is 0 Å². The molecule has 1 saturated heterocycles. The van der Waals surface area contributed by atoms with Crippen LogP contribution in [0.25, 0.3) is 0 Å². The Morgan fingerprint density at radius 2 is 1.94 bits per heavy atom. The lowest BCUT2D eigenvalue weighted by molar-refractivity contribution is 0.0605. The normalized spacial score (nSPS) is 34.1. The van der Waals surface area contributed by atoms with E-state index in [1.807, 2.05) is 0 Å². The van der Waals surface area contributed by atoms with Gasteiger partial charge in [0.2, 0.25) is 0 Å². The standard InChI is InChI=1S/C14H27NO/c1-11-4-3-5-14(11)15-12(2)10-13-6-8-16-9-7-13/h11-15H,3-10H2,1-2H3. The molecule has 1 saturated carbocycles. The predicted molar refractivity (Wildman–Crippen MR) is 67.6 cm³/mol. The summed E-state index contributed by atoms with van der Waals surface area (Å²) in [7, 11) is 0. The SMILES string of the molecule is CC(CC1CCOCC1)NC1CCCC1C. The highest BCUT2D eigenvalue weighted by atomic mass is 16.5. The minimum absolute atomic E-state index is 0.689. The second-order valence-corrected chi connectivity index (χ2v) is 5.87. The van der Waals surface area contributed by atoms with E-state index in [0.717, 1.165) is 31.1 Å². The first-order valence-corrected chi connectivity index (χ1v) is 7.09. The van der Waals surface area contributed by atoms with Crippen molar-refractivity contribution in [3.05, 3.63) is 0 Å². The maximum Gasteiger partial charge on any atom is 0.0468 e. The zero-order chi connectivity index (χ0) is 11.4. The molecule has 2 nitrogen and oxygen atoms in total. The van der Waals surface area contributed by atoms with Gasteiger partial charge in [0.1, 0.15) is 0 Å². The average molecular weight is 225 g/mol. The van der Waals surface area contributed by atoms with Crippen molar-refractivity contribution in [1.82, 2.24) is 5.32 Å². The summed E-state index contributed by atoms with van der Waals surface area (Å²) in [6, 6.07) is 1.48. The van der Waals surface area contributed by atoms with Gasteiger partial charge in [-0.05, 0) is 50.9 Å². The van der Waals surface area contributed by atoms with Crippen LogP contribution in [0.1, 0.15) is 52.4 Å². The van der Waals surface area contributed by atoms with Gasteiger partial charge in [0.05, 0.1) is 0 Å². The highest BCUT2D eigenvalue weighted by Gasteiger charge is 2.25. The second kappa shape index (κ2) is 6.02. The summed E-state index contributed by atoms with van der Waals surface area (Å²) < 4.78 is 5.41. The lowest BCUT2D eigenvalue weighted by atomic mass is 9.92. The van der Waals surface area contributed by atoms with Crippen molar-refractivity contribution >= 4 is 0 Å². The molecule has 0 radical (unpaired) electrons. The summed E-state index contributed by atoms with van der Waals surface area (Å²) in [4.78, 5) is 0. The first kappa shape index (κ1) is 12.4. The molecular formula is C14H27NO. The van der Waals surface area contributed by atoms with Crippen molar-refractivity contribution in [3.63, 3.8) is 0 Å². The Kier molecular flexibility index (Phi) is 4.66. The maximum absolute atomic E-state index is 5.41. The molecule has 0 amide bonds. The third kappa shape index (κ3) is 3.46. The molecule has 16 heavy (non-hydrogen) atoms. The third-order valence-corrected chi connectivity index (χ3v) is 4.39. The molecule has 3 unspecified atom stereocenters. The third-order valence-electron chi connectivity index (χ3n) is 4.39. The molecule has 2 rings (SSSR count). The Bertz CT molecular complexity index is 201. The van der Waals surface area contributed by atoms with Crippen LogP contribution in [0.3, 0.4) is 0 Å². The fourth-order valence-electron chi connectivity index (χ4n) is 3.31. The molecule has 2 heteroatoms. The molecule has 0 aromatic carbocycles. The second-order valence-electron chi connectivity index (χ2n) is 5.87. The molecule has 94 valence electrons. The van der Waals surface area contributed by atoms with Crippen molar-refractivity contribution < 1.29 is 4.74 Å². The molecule has 1 aliphatic carbocycles.